The molecule has 1 heterocycles. The third-order valence-corrected chi connectivity index (χ3v) is 7.32. The summed E-state index contributed by atoms with van der Waals surface area (Å²) in [6.07, 6.45) is 0. The minimum Gasteiger partial charge on any atom is -0.497 e. The number of rotatable bonds is 8. The van der Waals surface area contributed by atoms with E-state index in [1.54, 1.807) is 37.4 Å². The lowest BCUT2D eigenvalue weighted by Gasteiger charge is -2.10. The highest BCUT2D eigenvalue weighted by molar-refractivity contribution is 7.92. The number of ether oxygens (including phenoxy) is 2. The van der Waals surface area contributed by atoms with E-state index in [4.69, 9.17) is 9.47 Å². The van der Waals surface area contributed by atoms with Crippen LogP contribution in [0.5, 0.6) is 11.5 Å². The summed E-state index contributed by atoms with van der Waals surface area (Å²) in [5.74, 6) is 0.942. The van der Waals surface area contributed by atoms with E-state index >= 15 is 0 Å². The fourth-order valence-electron chi connectivity index (χ4n) is 3.36. The van der Waals surface area contributed by atoms with Crippen molar-refractivity contribution in [2.45, 2.75) is 11.8 Å². The van der Waals surface area contributed by atoms with Crippen molar-refractivity contribution in [1.82, 2.24) is 4.98 Å². The van der Waals surface area contributed by atoms with Gasteiger partial charge in [-0.15, -0.1) is 11.3 Å². The molecule has 0 aliphatic heterocycles. The molecule has 8 nitrogen and oxygen atoms in total. The molecule has 0 bridgehead atoms. The van der Waals surface area contributed by atoms with Crippen molar-refractivity contribution < 1.29 is 22.7 Å². The Kier molecular flexibility index (Phi) is 7.04. The third-order valence-electron chi connectivity index (χ3n) is 5.16. The van der Waals surface area contributed by atoms with Gasteiger partial charge in [-0.1, -0.05) is 6.07 Å². The fourth-order valence-corrected chi connectivity index (χ4v) is 5.13. The number of anilines is 2. The van der Waals surface area contributed by atoms with E-state index in [2.05, 4.69) is 15.0 Å². The average molecular weight is 510 g/mol. The highest BCUT2D eigenvalue weighted by Gasteiger charge is 2.16. The summed E-state index contributed by atoms with van der Waals surface area (Å²) in [5, 5.41) is 5.06. The van der Waals surface area contributed by atoms with E-state index in [-0.39, 0.29) is 16.1 Å². The van der Waals surface area contributed by atoms with Crippen molar-refractivity contribution in [3.05, 3.63) is 83.2 Å². The van der Waals surface area contributed by atoms with Gasteiger partial charge in [-0.25, -0.2) is 13.4 Å². The zero-order chi connectivity index (χ0) is 25.0. The van der Waals surface area contributed by atoms with Crippen molar-refractivity contribution in [2.75, 3.05) is 24.3 Å². The Labute approximate surface area is 207 Å². The number of amides is 1. The van der Waals surface area contributed by atoms with Crippen LogP contribution in [0.15, 0.2) is 77.0 Å². The van der Waals surface area contributed by atoms with Gasteiger partial charge < -0.3 is 9.47 Å². The number of hydrogen-bond donors (Lipinski definition) is 2. The lowest BCUT2D eigenvalue weighted by Crippen LogP contribution is -2.15. The van der Waals surface area contributed by atoms with Crippen molar-refractivity contribution in [3.8, 4) is 22.8 Å². The molecule has 4 aromatic rings. The highest BCUT2D eigenvalue weighted by Crippen LogP contribution is 2.29. The molecular formula is C25H23N3O5S2. The minimum absolute atomic E-state index is 0.0808. The Morgan fingerprint density at radius 2 is 1.74 bits per heavy atom. The Bertz CT molecular complexity index is 1460. The van der Waals surface area contributed by atoms with Crippen LogP contribution < -0.4 is 19.5 Å². The van der Waals surface area contributed by atoms with Gasteiger partial charge in [0.05, 0.1) is 24.8 Å². The van der Waals surface area contributed by atoms with Crippen molar-refractivity contribution in [3.63, 3.8) is 0 Å². The van der Waals surface area contributed by atoms with Crippen LogP contribution in [0.2, 0.25) is 0 Å². The molecule has 0 aliphatic carbocycles. The summed E-state index contributed by atoms with van der Waals surface area (Å²) in [6.45, 7) is 1.95. The Morgan fingerprint density at radius 3 is 2.43 bits per heavy atom. The number of thiazole rings is 1. The number of aromatic nitrogens is 1. The van der Waals surface area contributed by atoms with E-state index in [1.807, 2.05) is 30.5 Å². The molecule has 4 rings (SSSR count). The lowest BCUT2D eigenvalue weighted by atomic mass is 10.1. The summed E-state index contributed by atoms with van der Waals surface area (Å²) in [7, 11) is -0.705. The number of carbonyl (C=O) groups excluding carboxylic acids is 1. The molecular weight excluding hydrogens is 486 g/mol. The number of sulfonamides is 1. The first-order valence-corrected chi connectivity index (χ1v) is 12.8. The number of nitrogens with zero attached hydrogens (tertiary/aromatic N) is 1. The third kappa shape index (κ3) is 5.61. The predicted octanol–water partition coefficient (Wildman–Crippen LogP) is 5.19. The molecule has 3 aromatic carbocycles. The van der Waals surface area contributed by atoms with E-state index in [9.17, 15) is 13.2 Å². The monoisotopic (exact) mass is 509 g/mol. The van der Waals surface area contributed by atoms with Crippen LogP contribution in [0.1, 0.15) is 15.9 Å². The second-order valence-electron chi connectivity index (χ2n) is 7.54. The van der Waals surface area contributed by atoms with Gasteiger partial charge in [0.2, 0.25) is 0 Å². The lowest BCUT2D eigenvalue weighted by molar-refractivity contribution is 0.102. The van der Waals surface area contributed by atoms with Crippen LogP contribution in [-0.2, 0) is 10.0 Å². The van der Waals surface area contributed by atoms with Gasteiger partial charge in [-0.05, 0) is 73.2 Å². The van der Waals surface area contributed by atoms with Gasteiger partial charge in [0.1, 0.15) is 11.5 Å². The van der Waals surface area contributed by atoms with Gasteiger partial charge in [0, 0.05) is 22.2 Å². The number of benzene rings is 3. The molecule has 35 heavy (non-hydrogen) atoms. The highest BCUT2D eigenvalue weighted by atomic mass is 32.2. The van der Waals surface area contributed by atoms with E-state index in [0.717, 1.165) is 22.6 Å². The number of carbonyl (C=O) groups is 1. The summed E-state index contributed by atoms with van der Waals surface area (Å²) < 4.78 is 38.3. The second-order valence-corrected chi connectivity index (χ2v) is 10.1. The van der Waals surface area contributed by atoms with Crippen LogP contribution in [0.4, 0.5) is 10.8 Å². The maximum Gasteiger partial charge on any atom is 0.261 e. The van der Waals surface area contributed by atoms with E-state index in [1.165, 1.54) is 36.6 Å². The topological polar surface area (TPSA) is 107 Å². The molecule has 10 heteroatoms. The quantitative estimate of drug-likeness (QED) is 0.339. The molecule has 0 radical (unpaired) electrons. The summed E-state index contributed by atoms with van der Waals surface area (Å²) in [5.41, 5.74) is 3.18. The molecule has 0 unspecified atom stereocenters. The molecule has 0 saturated heterocycles. The van der Waals surface area contributed by atoms with Crippen molar-refractivity contribution >= 4 is 38.1 Å². The maximum atomic E-state index is 12.8. The molecule has 0 atom stereocenters. The first-order chi connectivity index (χ1) is 16.8. The Hall–Kier alpha value is -3.89. The maximum absolute atomic E-state index is 12.8. The fraction of sp³-hybridized carbons (Fsp3) is 0.120. The molecule has 0 saturated carbocycles. The van der Waals surface area contributed by atoms with Crippen LogP contribution in [0.3, 0.4) is 0 Å². The van der Waals surface area contributed by atoms with E-state index < -0.39 is 15.9 Å². The van der Waals surface area contributed by atoms with Crippen molar-refractivity contribution in [2.24, 2.45) is 0 Å². The zero-order valence-electron chi connectivity index (χ0n) is 19.2. The SMILES string of the molecule is COc1ccc(S(=O)(=O)Nc2cccc(C(=O)Nc3nc(-c4ccc(OC)c(C)c4)cs3)c2)cc1. The normalized spacial score (nSPS) is 11.1. The van der Waals surface area contributed by atoms with E-state index in [0.29, 0.717) is 10.9 Å². The van der Waals surface area contributed by atoms with Gasteiger partial charge in [-0.3, -0.25) is 14.8 Å². The Balaban J connectivity index is 1.47. The number of nitrogens with one attached hydrogen (secondary N) is 2. The van der Waals surface area contributed by atoms with Crippen LogP contribution in [0.25, 0.3) is 11.3 Å². The minimum atomic E-state index is -3.83. The molecule has 1 aromatic heterocycles. The average Bonchev–Trinajstić information content (AvgIpc) is 3.32. The standard InChI is InChI=1S/C25H23N3O5S2/c1-16-13-17(7-12-23(16)33-3)22-15-34-25(26-22)27-24(29)18-5-4-6-19(14-18)28-35(30,31)21-10-8-20(32-2)9-11-21/h4-15,28H,1-3H3,(H,26,27,29). The first kappa shape index (κ1) is 24.2. The van der Waals surface area contributed by atoms with Crippen LogP contribution in [0, 0.1) is 6.92 Å². The molecule has 0 fully saturated rings. The molecule has 1 amide bonds. The molecule has 180 valence electrons. The van der Waals surface area contributed by atoms with Gasteiger partial charge >= 0.3 is 0 Å². The molecule has 2 N–H and O–H groups in total. The Morgan fingerprint density at radius 1 is 0.971 bits per heavy atom. The molecule has 0 aliphatic rings. The number of hydrogen-bond acceptors (Lipinski definition) is 7. The largest absolute Gasteiger partial charge is 0.497 e. The summed E-state index contributed by atoms with van der Waals surface area (Å²) >= 11 is 1.30. The first-order valence-electron chi connectivity index (χ1n) is 10.5. The predicted molar refractivity (Wildman–Crippen MR) is 137 cm³/mol. The van der Waals surface area contributed by atoms with Gasteiger partial charge in [-0.2, -0.15) is 0 Å². The summed E-state index contributed by atoms with van der Waals surface area (Å²) in [6, 6.07) is 18.0. The van der Waals surface area contributed by atoms with Crippen molar-refractivity contribution in [1.29, 1.82) is 0 Å². The second kappa shape index (κ2) is 10.2. The number of methoxy groups -OCH3 is 2. The zero-order valence-corrected chi connectivity index (χ0v) is 20.9. The van der Waals surface area contributed by atoms with Gasteiger partial charge in [0.25, 0.3) is 15.9 Å². The van der Waals surface area contributed by atoms with Crippen LogP contribution in [-0.4, -0.2) is 33.5 Å². The van der Waals surface area contributed by atoms with Gasteiger partial charge in [0.15, 0.2) is 5.13 Å². The summed E-state index contributed by atoms with van der Waals surface area (Å²) in [4.78, 5) is 17.4. The van der Waals surface area contributed by atoms with Crippen LogP contribution >= 0.6 is 11.3 Å². The molecule has 0 spiro atoms. The number of aryl methyl sites for hydroxylation is 1. The smallest absolute Gasteiger partial charge is 0.261 e.